The Labute approximate surface area is 76.7 Å². The van der Waals surface area contributed by atoms with Crippen molar-refractivity contribution in [2.75, 3.05) is 20.3 Å². The van der Waals surface area contributed by atoms with Gasteiger partial charge in [0.25, 0.3) is 0 Å². The molecule has 1 heterocycles. The first-order chi connectivity index (χ1) is 6.36. The van der Waals surface area contributed by atoms with Crippen molar-refractivity contribution >= 4 is 0 Å². The molecule has 0 aliphatic rings. The number of rotatable bonds is 6. The predicted molar refractivity (Wildman–Crippen MR) is 46.0 cm³/mol. The van der Waals surface area contributed by atoms with E-state index in [0.717, 1.165) is 5.69 Å². The standard InChI is InChI=1S/C8H14N2O3/c1-12-6-8-4-7(10-13-8)5-9-2-3-11/h4,9,11H,2-3,5-6H2,1H3. The van der Waals surface area contributed by atoms with Crippen LogP contribution >= 0.6 is 0 Å². The van der Waals surface area contributed by atoms with E-state index in [9.17, 15) is 0 Å². The van der Waals surface area contributed by atoms with E-state index in [-0.39, 0.29) is 6.61 Å². The van der Waals surface area contributed by atoms with Gasteiger partial charge < -0.3 is 19.7 Å². The van der Waals surface area contributed by atoms with Crippen LogP contribution in [0.5, 0.6) is 0 Å². The summed E-state index contributed by atoms with van der Waals surface area (Å²) in [5.74, 6) is 0.711. The molecule has 0 aliphatic heterocycles. The van der Waals surface area contributed by atoms with E-state index in [1.54, 1.807) is 7.11 Å². The Morgan fingerprint density at radius 2 is 2.54 bits per heavy atom. The van der Waals surface area contributed by atoms with Crippen molar-refractivity contribution in [3.05, 3.63) is 17.5 Å². The molecule has 0 aliphatic carbocycles. The number of aromatic nitrogens is 1. The second-order valence-corrected chi connectivity index (χ2v) is 2.62. The number of methoxy groups -OCH3 is 1. The predicted octanol–water partition coefficient (Wildman–Crippen LogP) is -0.0971. The molecule has 0 amide bonds. The van der Waals surface area contributed by atoms with Crippen molar-refractivity contribution in [1.29, 1.82) is 0 Å². The maximum Gasteiger partial charge on any atom is 0.162 e. The third-order valence-corrected chi connectivity index (χ3v) is 1.49. The Balaban J connectivity index is 2.31. The van der Waals surface area contributed by atoms with Gasteiger partial charge >= 0.3 is 0 Å². The van der Waals surface area contributed by atoms with Crippen LogP contribution in [0.15, 0.2) is 10.6 Å². The van der Waals surface area contributed by atoms with Crippen LogP contribution in [0.4, 0.5) is 0 Å². The molecule has 0 bridgehead atoms. The summed E-state index contributed by atoms with van der Waals surface area (Å²) in [5.41, 5.74) is 0.820. The van der Waals surface area contributed by atoms with Gasteiger partial charge in [-0.15, -0.1) is 0 Å². The number of ether oxygens (including phenoxy) is 1. The van der Waals surface area contributed by atoms with Crippen molar-refractivity contribution in [2.24, 2.45) is 0 Å². The molecular weight excluding hydrogens is 172 g/mol. The summed E-state index contributed by atoms with van der Waals surface area (Å²) in [6, 6.07) is 1.83. The van der Waals surface area contributed by atoms with E-state index in [2.05, 4.69) is 10.5 Å². The highest BCUT2D eigenvalue weighted by Crippen LogP contribution is 2.03. The van der Waals surface area contributed by atoms with E-state index < -0.39 is 0 Å². The van der Waals surface area contributed by atoms with E-state index in [1.807, 2.05) is 6.07 Å². The summed E-state index contributed by atoms with van der Waals surface area (Å²) >= 11 is 0. The van der Waals surface area contributed by atoms with Crippen LogP contribution in [0.3, 0.4) is 0 Å². The number of aliphatic hydroxyl groups is 1. The number of hydrogen-bond donors (Lipinski definition) is 2. The van der Waals surface area contributed by atoms with Crippen molar-refractivity contribution in [3.63, 3.8) is 0 Å². The van der Waals surface area contributed by atoms with Gasteiger partial charge in [-0.25, -0.2) is 0 Å². The van der Waals surface area contributed by atoms with Crippen molar-refractivity contribution in [1.82, 2.24) is 10.5 Å². The van der Waals surface area contributed by atoms with Gasteiger partial charge in [0.05, 0.1) is 12.3 Å². The van der Waals surface area contributed by atoms with Gasteiger partial charge in [-0.05, 0) is 0 Å². The fourth-order valence-electron chi connectivity index (χ4n) is 0.945. The minimum atomic E-state index is 0.128. The molecule has 74 valence electrons. The summed E-state index contributed by atoms with van der Waals surface area (Å²) in [6.07, 6.45) is 0. The van der Waals surface area contributed by atoms with Crippen LogP contribution in [-0.2, 0) is 17.9 Å². The topological polar surface area (TPSA) is 67.5 Å². The molecule has 0 saturated heterocycles. The minimum Gasteiger partial charge on any atom is -0.395 e. The smallest absolute Gasteiger partial charge is 0.162 e. The Hall–Kier alpha value is -0.910. The summed E-state index contributed by atoms with van der Waals surface area (Å²) in [6.45, 7) is 1.73. The van der Waals surface area contributed by atoms with Crippen LogP contribution in [-0.4, -0.2) is 30.5 Å². The van der Waals surface area contributed by atoms with Crippen LogP contribution in [0.1, 0.15) is 11.5 Å². The number of hydrogen-bond acceptors (Lipinski definition) is 5. The van der Waals surface area contributed by atoms with Crippen molar-refractivity contribution in [2.45, 2.75) is 13.2 Å². The minimum absolute atomic E-state index is 0.128. The molecule has 0 radical (unpaired) electrons. The van der Waals surface area contributed by atoms with E-state index in [4.69, 9.17) is 14.4 Å². The zero-order valence-electron chi connectivity index (χ0n) is 7.62. The summed E-state index contributed by atoms with van der Waals surface area (Å²) < 4.78 is 9.83. The second-order valence-electron chi connectivity index (χ2n) is 2.62. The van der Waals surface area contributed by atoms with E-state index in [1.165, 1.54) is 0 Å². The normalized spacial score (nSPS) is 10.6. The van der Waals surface area contributed by atoms with Crippen LogP contribution in [0, 0.1) is 0 Å². The maximum atomic E-state index is 8.51. The zero-order valence-corrected chi connectivity index (χ0v) is 7.62. The monoisotopic (exact) mass is 186 g/mol. The lowest BCUT2D eigenvalue weighted by Gasteiger charge is -1.96. The average Bonchev–Trinajstić information content (AvgIpc) is 2.54. The Morgan fingerprint density at radius 1 is 1.69 bits per heavy atom. The molecule has 1 aromatic rings. The molecule has 1 aromatic heterocycles. The lowest BCUT2D eigenvalue weighted by atomic mass is 10.3. The highest BCUT2D eigenvalue weighted by atomic mass is 16.5. The molecule has 0 atom stereocenters. The quantitative estimate of drug-likeness (QED) is 0.607. The Kier molecular flexibility index (Phi) is 4.45. The molecule has 0 saturated carbocycles. The van der Waals surface area contributed by atoms with Crippen LogP contribution in [0.25, 0.3) is 0 Å². The van der Waals surface area contributed by atoms with Gasteiger partial charge in [-0.3, -0.25) is 0 Å². The lowest BCUT2D eigenvalue weighted by molar-refractivity contribution is 0.155. The molecular formula is C8H14N2O3. The third-order valence-electron chi connectivity index (χ3n) is 1.49. The first-order valence-corrected chi connectivity index (χ1v) is 4.12. The first kappa shape index (κ1) is 10.2. The highest BCUT2D eigenvalue weighted by molar-refractivity contribution is 5.03. The molecule has 0 unspecified atom stereocenters. The van der Waals surface area contributed by atoms with Crippen LogP contribution < -0.4 is 5.32 Å². The van der Waals surface area contributed by atoms with Crippen molar-refractivity contribution in [3.8, 4) is 0 Å². The van der Waals surface area contributed by atoms with Gasteiger partial charge in [0.15, 0.2) is 5.76 Å². The lowest BCUT2D eigenvalue weighted by Crippen LogP contribution is -2.17. The van der Waals surface area contributed by atoms with Crippen LogP contribution in [0.2, 0.25) is 0 Å². The second kappa shape index (κ2) is 5.69. The fraction of sp³-hybridized carbons (Fsp3) is 0.625. The average molecular weight is 186 g/mol. The molecule has 0 aromatic carbocycles. The molecule has 2 N–H and O–H groups in total. The van der Waals surface area contributed by atoms with Gasteiger partial charge in [0.1, 0.15) is 6.61 Å². The van der Waals surface area contributed by atoms with E-state index >= 15 is 0 Å². The zero-order chi connectivity index (χ0) is 9.52. The molecule has 5 nitrogen and oxygen atoms in total. The largest absolute Gasteiger partial charge is 0.395 e. The Bertz CT molecular complexity index is 237. The van der Waals surface area contributed by atoms with Gasteiger partial charge in [0.2, 0.25) is 0 Å². The van der Waals surface area contributed by atoms with Gasteiger partial charge in [-0.1, -0.05) is 5.16 Å². The summed E-state index contributed by atoms with van der Waals surface area (Å²) in [5, 5.41) is 15.3. The molecule has 13 heavy (non-hydrogen) atoms. The summed E-state index contributed by atoms with van der Waals surface area (Å²) in [7, 11) is 1.60. The number of nitrogens with one attached hydrogen (secondary N) is 1. The maximum absolute atomic E-state index is 8.51. The molecule has 0 fully saturated rings. The molecule has 0 spiro atoms. The molecule has 5 heteroatoms. The first-order valence-electron chi connectivity index (χ1n) is 4.12. The highest BCUT2D eigenvalue weighted by Gasteiger charge is 2.02. The fourth-order valence-corrected chi connectivity index (χ4v) is 0.945. The third kappa shape index (κ3) is 3.54. The molecule has 1 rings (SSSR count). The van der Waals surface area contributed by atoms with Gasteiger partial charge in [0, 0.05) is 26.3 Å². The SMILES string of the molecule is COCc1cc(CNCCO)no1. The van der Waals surface area contributed by atoms with Gasteiger partial charge in [-0.2, -0.15) is 0 Å². The number of aliphatic hydroxyl groups excluding tert-OH is 1. The Morgan fingerprint density at radius 3 is 3.23 bits per heavy atom. The number of nitrogens with zero attached hydrogens (tertiary/aromatic N) is 1. The summed E-state index contributed by atoms with van der Waals surface area (Å²) in [4.78, 5) is 0. The van der Waals surface area contributed by atoms with Crippen molar-refractivity contribution < 1.29 is 14.4 Å². The van der Waals surface area contributed by atoms with E-state index in [0.29, 0.717) is 25.5 Å².